The van der Waals surface area contributed by atoms with Gasteiger partial charge in [0.15, 0.2) is 11.5 Å². The number of pyridine rings is 1. The lowest BCUT2D eigenvalue weighted by molar-refractivity contribution is 0.170. The monoisotopic (exact) mass is 421 g/mol. The molecule has 1 fully saturated rings. The van der Waals surface area contributed by atoms with Crippen molar-refractivity contribution in [2.45, 2.75) is 31.7 Å². The third-order valence-electron chi connectivity index (χ3n) is 5.45. The molecule has 5 rings (SSSR count). The molecule has 0 bridgehead atoms. The number of aromatic nitrogens is 3. The van der Waals surface area contributed by atoms with E-state index < -0.39 is 0 Å². The third-order valence-corrected chi connectivity index (χ3v) is 5.45. The van der Waals surface area contributed by atoms with Crippen molar-refractivity contribution in [3.8, 4) is 22.9 Å². The van der Waals surface area contributed by atoms with Gasteiger partial charge >= 0.3 is 6.03 Å². The van der Waals surface area contributed by atoms with E-state index in [0.29, 0.717) is 48.7 Å². The smallest absolute Gasteiger partial charge is 0.322 e. The van der Waals surface area contributed by atoms with Gasteiger partial charge in [0.2, 0.25) is 11.7 Å². The van der Waals surface area contributed by atoms with E-state index in [4.69, 9.17) is 14.0 Å². The summed E-state index contributed by atoms with van der Waals surface area (Å²) in [6.07, 6.45) is 7.11. The highest BCUT2D eigenvalue weighted by atomic mass is 16.6. The van der Waals surface area contributed by atoms with E-state index in [-0.39, 0.29) is 12.1 Å². The standard InChI is InChI=1S/C22H23N5O4/c28-22(24-16-7-8-18-19(13-16)30-12-11-29-18)27-10-3-1-2-6-17(27)21-25-20(26-31-21)15-5-4-9-23-14-15/h4-5,7-9,13-14,17H,1-3,6,10-12H2,(H,24,28). The van der Waals surface area contributed by atoms with E-state index in [2.05, 4.69) is 20.4 Å². The maximum Gasteiger partial charge on any atom is 0.322 e. The summed E-state index contributed by atoms with van der Waals surface area (Å²) in [5, 5.41) is 7.08. The Morgan fingerprint density at radius 2 is 2.00 bits per heavy atom. The quantitative estimate of drug-likeness (QED) is 0.680. The van der Waals surface area contributed by atoms with Crippen LogP contribution in [-0.4, -0.2) is 45.8 Å². The molecule has 2 aliphatic heterocycles. The molecule has 0 aliphatic carbocycles. The fourth-order valence-corrected chi connectivity index (χ4v) is 3.91. The van der Waals surface area contributed by atoms with Gasteiger partial charge in [0.25, 0.3) is 0 Å². The van der Waals surface area contributed by atoms with Crippen molar-refractivity contribution in [1.29, 1.82) is 0 Å². The van der Waals surface area contributed by atoms with Gasteiger partial charge in [0.1, 0.15) is 19.3 Å². The number of carbonyl (C=O) groups is 1. The second-order valence-corrected chi connectivity index (χ2v) is 7.55. The molecule has 3 aromatic rings. The number of carbonyl (C=O) groups excluding carboxylic acids is 1. The number of hydrogen-bond donors (Lipinski definition) is 1. The van der Waals surface area contributed by atoms with Crippen molar-refractivity contribution in [2.75, 3.05) is 25.1 Å². The van der Waals surface area contributed by atoms with Crippen molar-refractivity contribution < 1.29 is 18.8 Å². The van der Waals surface area contributed by atoms with Crippen LogP contribution >= 0.6 is 0 Å². The highest BCUT2D eigenvalue weighted by molar-refractivity contribution is 5.90. The second kappa shape index (κ2) is 8.63. The number of benzene rings is 1. The predicted molar refractivity (Wildman–Crippen MR) is 112 cm³/mol. The first-order valence-electron chi connectivity index (χ1n) is 10.5. The molecule has 2 amide bonds. The molecule has 0 spiro atoms. The number of nitrogens with zero attached hydrogens (tertiary/aromatic N) is 4. The normalized spacial score (nSPS) is 18.3. The Morgan fingerprint density at radius 3 is 2.87 bits per heavy atom. The van der Waals surface area contributed by atoms with Gasteiger partial charge in [-0.2, -0.15) is 4.98 Å². The van der Waals surface area contributed by atoms with Gasteiger partial charge in [-0.1, -0.05) is 18.0 Å². The average Bonchev–Trinajstić information content (AvgIpc) is 3.17. The molecule has 1 atom stereocenters. The van der Waals surface area contributed by atoms with E-state index in [1.807, 2.05) is 24.3 Å². The highest BCUT2D eigenvalue weighted by Crippen LogP contribution is 2.34. The molecular formula is C22H23N5O4. The minimum absolute atomic E-state index is 0.204. The predicted octanol–water partition coefficient (Wildman–Crippen LogP) is 4.05. The van der Waals surface area contributed by atoms with Crippen molar-refractivity contribution in [2.24, 2.45) is 0 Å². The molecule has 1 aromatic carbocycles. The molecule has 1 saturated heterocycles. The largest absolute Gasteiger partial charge is 0.486 e. The molecule has 160 valence electrons. The summed E-state index contributed by atoms with van der Waals surface area (Å²) >= 11 is 0. The second-order valence-electron chi connectivity index (χ2n) is 7.55. The number of amides is 2. The highest BCUT2D eigenvalue weighted by Gasteiger charge is 2.31. The Morgan fingerprint density at radius 1 is 1.10 bits per heavy atom. The van der Waals surface area contributed by atoms with Crippen LogP contribution in [0.3, 0.4) is 0 Å². The number of fused-ring (bicyclic) bond motifs is 1. The van der Waals surface area contributed by atoms with Crippen LogP contribution in [0.5, 0.6) is 11.5 Å². The molecule has 1 N–H and O–H groups in total. The fourth-order valence-electron chi connectivity index (χ4n) is 3.91. The molecule has 9 nitrogen and oxygen atoms in total. The van der Waals surface area contributed by atoms with Crippen molar-refractivity contribution in [3.63, 3.8) is 0 Å². The molecule has 0 radical (unpaired) electrons. The van der Waals surface area contributed by atoms with Crippen molar-refractivity contribution in [1.82, 2.24) is 20.0 Å². The lowest BCUT2D eigenvalue weighted by Gasteiger charge is -2.28. The average molecular weight is 421 g/mol. The molecule has 4 heterocycles. The van der Waals surface area contributed by atoms with Crippen LogP contribution in [0.15, 0.2) is 47.2 Å². The van der Waals surface area contributed by atoms with Crippen LogP contribution in [0.1, 0.15) is 37.6 Å². The molecule has 0 saturated carbocycles. The van der Waals surface area contributed by atoms with Crippen molar-refractivity contribution in [3.05, 3.63) is 48.6 Å². The van der Waals surface area contributed by atoms with E-state index >= 15 is 0 Å². The Hall–Kier alpha value is -3.62. The van der Waals surface area contributed by atoms with Gasteiger partial charge in [0.05, 0.1) is 0 Å². The van der Waals surface area contributed by atoms with Gasteiger partial charge in [-0.25, -0.2) is 4.79 Å². The Bertz CT molecular complexity index is 1060. The number of urea groups is 1. The Labute approximate surface area is 179 Å². The summed E-state index contributed by atoms with van der Waals surface area (Å²) in [7, 11) is 0. The van der Waals surface area contributed by atoms with E-state index in [9.17, 15) is 4.79 Å². The summed E-state index contributed by atoms with van der Waals surface area (Å²) in [6.45, 7) is 1.64. The minimum atomic E-state index is -0.280. The number of anilines is 1. The molecule has 9 heteroatoms. The maximum absolute atomic E-state index is 13.2. The van der Waals surface area contributed by atoms with Crippen LogP contribution in [0.25, 0.3) is 11.4 Å². The summed E-state index contributed by atoms with van der Waals surface area (Å²) < 4.78 is 16.7. The first-order valence-corrected chi connectivity index (χ1v) is 10.5. The lowest BCUT2D eigenvalue weighted by Crippen LogP contribution is -2.38. The number of nitrogens with one attached hydrogen (secondary N) is 1. The zero-order chi connectivity index (χ0) is 21.0. The first-order chi connectivity index (χ1) is 15.3. The Balaban J connectivity index is 1.36. The number of ether oxygens (including phenoxy) is 2. The Kier molecular flexibility index (Phi) is 5.39. The SMILES string of the molecule is O=C(Nc1ccc2c(c1)OCCO2)N1CCCCCC1c1nc(-c2cccnc2)no1. The number of likely N-dealkylation sites (tertiary alicyclic amines) is 1. The summed E-state index contributed by atoms with van der Waals surface area (Å²) in [6, 6.07) is 8.62. The van der Waals surface area contributed by atoms with E-state index in [0.717, 1.165) is 31.2 Å². The van der Waals surface area contributed by atoms with Gasteiger partial charge in [0, 0.05) is 36.3 Å². The minimum Gasteiger partial charge on any atom is -0.486 e. The summed E-state index contributed by atoms with van der Waals surface area (Å²) in [5.74, 6) is 2.23. The number of rotatable bonds is 3. The summed E-state index contributed by atoms with van der Waals surface area (Å²) in [4.78, 5) is 23.6. The van der Waals surface area contributed by atoms with Crippen LogP contribution in [-0.2, 0) is 0 Å². The van der Waals surface area contributed by atoms with E-state index in [1.54, 1.807) is 23.4 Å². The topological polar surface area (TPSA) is 103 Å². The number of hydrogen-bond acceptors (Lipinski definition) is 7. The van der Waals surface area contributed by atoms with Gasteiger partial charge in [-0.15, -0.1) is 0 Å². The molecule has 31 heavy (non-hydrogen) atoms. The van der Waals surface area contributed by atoms with Crippen LogP contribution in [0.2, 0.25) is 0 Å². The molecule has 2 aromatic heterocycles. The fraction of sp³-hybridized carbons (Fsp3) is 0.364. The van der Waals surface area contributed by atoms with Crippen LogP contribution in [0, 0.1) is 0 Å². The van der Waals surface area contributed by atoms with E-state index in [1.165, 1.54) is 0 Å². The van der Waals surface area contributed by atoms with Gasteiger partial charge < -0.3 is 24.2 Å². The first kappa shape index (κ1) is 19.3. The van der Waals surface area contributed by atoms with Gasteiger partial charge in [-0.3, -0.25) is 4.98 Å². The van der Waals surface area contributed by atoms with Gasteiger partial charge in [-0.05, 0) is 37.1 Å². The molecule has 2 aliphatic rings. The third kappa shape index (κ3) is 4.16. The maximum atomic E-state index is 13.2. The van der Waals surface area contributed by atoms with Crippen molar-refractivity contribution >= 4 is 11.7 Å². The molecular weight excluding hydrogens is 398 g/mol. The van der Waals surface area contributed by atoms with Crippen LogP contribution in [0.4, 0.5) is 10.5 Å². The summed E-state index contributed by atoms with van der Waals surface area (Å²) in [5.41, 5.74) is 1.43. The zero-order valence-corrected chi connectivity index (χ0v) is 17.0. The van der Waals surface area contributed by atoms with Crippen LogP contribution < -0.4 is 14.8 Å². The molecule has 1 unspecified atom stereocenters. The zero-order valence-electron chi connectivity index (χ0n) is 17.0. The lowest BCUT2D eigenvalue weighted by atomic mass is 10.1.